The molecule has 3 rings (SSSR count). The summed E-state index contributed by atoms with van der Waals surface area (Å²) in [5.74, 6) is -1.05. The topological polar surface area (TPSA) is 57.7 Å². The number of carbonyl (C=O) groups is 3. The summed E-state index contributed by atoms with van der Waals surface area (Å²) in [4.78, 5) is 39.6. The van der Waals surface area contributed by atoms with Crippen molar-refractivity contribution in [2.75, 3.05) is 11.6 Å². The maximum atomic E-state index is 12.5. The lowest BCUT2D eigenvalue weighted by molar-refractivity contribution is -0.140. The van der Waals surface area contributed by atoms with Crippen LogP contribution >= 0.6 is 0 Å². The SMILES string of the molecule is CC(=O)N(CN1C(=O)C2CC=CCC2C1=O)c1ccccc1. The van der Waals surface area contributed by atoms with E-state index in [1.54, 1.807) is 12.1 Å². The third kappa shape index (κ3) is 2.43. The van der Waals surface area contributed by atoms with Gasteiger partial charge < -0.3 is 0 Å². The van der Waals surface area contributed by atoms with Crippen LogP contribution in [-0.2, 0) is 14.4 Å². The van der Waals surface area contributed by atoms with E-state index in [4.69, 9.17) is 0 Å². The number of carbonyl (C=O) groups excluding carboxylic acids is 3. The van der Waals surface area contributed by atoms with Crippen molar-refractivity contribution < 1.29 is 14.4 Å². The Morgan fingerprint density at radius 2 is 1.64 bits per heavy atom. The molecule has 0 N–H and O–H groups in total. The molecule has 114 valence electrons. The van der Waals surface area contributed by atoms with Crippen LogP contribution in [0.4, 0.5) is 5.69 Å². The zero-order valence-corrected chi connectivity index (χ0v) is 12.4. The van der Waals surface area contributed by atoms with E-state index in [9.17, 15) is 14.4 Å². The summed E-state index contributed by atoms with van der Waals surface area (Å²) >= 11 is 0. The fourth-order valence-corrected chi connectivity index (χ4v) is 3.12. The Labute approximate surface area is 129 Å². The highest BCUT2D eigenvalue weighted by Crippen LogP contribution is 2.35. The number of para-hydroxylation sites is 1. The van der Waals surface area contributed by atoms with Crippen molar-refractivity contribution >= 4 is 23.4 Å². The summed E-state index contributed by atoms with van der Waals surface area (Å²) in [6.45, 7) is 1.43. The van der Waals surface area contributed by atoms with Crippen molar-refractivity contribution in [3.8, 4) is 0 Å². The fraction of sp³-hybridized carbons (Fsp3) is 0.353. The van der Waals surface area contributed by atoms with Crippen LogP contribution in [0.2, 0.25) is 0 Å². The van der Waals surface area contributed by atoms with Gasteiger partial charge in [0.2, 0.25) is 17.7 Å². The van der Waals surface area contributed by atoms with E-state index >= 15 is 0 Å². The zero-order valence-electron chi connectivity index (χ0n) is 12.4. The van der Waals surface area contributed by atoms with Crippen LogP contribution < -0.4 is 4.90 Å². The first-order valence-corrected chi connectivity index (χ1v) is 7.43. The van der Waals surface area contributed by atoms with Crippen molar-refractivity contribution in [2.45, 2.75) is 19.8 Å². The molecule has 22 heavy (non-hydrogen) atoms. The number of amides is 3. The lowest BCUT2D eigenvalue weighted by Gasteiger charge is -2.26. The summed E-state index contributed by atoms with van der Waals surface area (Å²) in [5, 5.41) is 0. The first-order valence-electron chi connectivity index (χ1n) is 7.43. The van der Waals surface area contributed by atoms with Crippen molar-refractivity contribution in [3.05, 3.63) is 42.5 Å². The molecule has 1 saturated heterocycles. The third-order valence-corrected chi connectivity index (χ3v) is 4.33. The number of fused-ring (bicyclic) bond motifs is 1. The van der Waals surface area contributed by atoms with Crippen LogP contribution in [0.5, 0.6) is 0 Å². The number of likely N-dealkylation sites (tertiary alicyclic amines) is 1. The smallest absolute Gasteiger partial charge is 0.234 e. The summed E-state index contributed by atoms with van der Waals surface area (Å²) in [6.07, 6.45) is 5.12. The lowest BCUT2D eigenvalue weighted by Crippen LogP contribution is -2.44. The van der Waals surface area contributed by atoms with Crippen molar-refractivity contribution in [1.82, 2.24) is 4.90 Å². The Bertz CT molecular complexity index is 613. The normalized spacial score (nSPS) is 23.6. The summed E-state index contributed by atoms with van der Waals surface area (Å²) in [7, 11) is 0. The number of benzene rings is 1. The summed E-state index contributed by atoms with van der Waals surface area (Å²) < 4.78 is 0. The average Bonchev–Trinajstić information content (AvgIpc) is 2.78. The molecule has 0 radical (unpaired) electrons. The maximum Gasteiger partial charge on any atom is 0.234 e. The first kappa shape index (κ1) is 14.5. The van der Waals surface area contributed by atoms with Gasteiger partial charge in [0.1, 0.15) is 6.67 Å². The molecule has 5 nitrogen and oxygen atoms in total. The largest absolute Gasteiger partial charge is 0.294 e. The molecule has 2 aliphatic rings. The van der Waals surface area contributed by atoms with Crippen LogP contribution in [0.15, 0.2) is 42.5 Å². The highest BCUT2D eigenvalue weighted by atomic mass is 16.2. The Balaban J connectivity index is 1.83. The minimum atomic E-state index is -0.262. The predicted octanol–water partition coefficient (Wildman–Crippen LogP) is 1.95. The van der Waals surface area contributed by atoms with Gasteiger partial charge in [0.05, 0.1) is 11.8 Å². The van der Waals surface area contributed by atoms with Gasteiger partial charge in [0.15, 0.2) is 0 Å². The number of nitrogens with zero attached hydrogens (tertiary/aromatic N) is 2. The minimum Gasteiger partial charge on any atom is -0.294 e. The number of anilines is 1. The zero-order chi connectivity index (χ0) is 15.7. The van der Waals surface area contributed by atoms with Crippen LogP contribution in [0, 0.1) is 11.8 Å². The Hall–Kier alpha value is -2.43. The predicted molar refractivity (Wildman–Crippen MR) is 81.7 cm³/mol. The highest BCUT2D eigenvalue weighted by molar-refractivity contribution is 6.06. The quantitative estimate of drug-likeness (QED) is 0.633. The van der Waals surface area contributed by atoms with Gasteiger partial charge in [0.25, 0.3) is 0 Å². The molecule has 0 spiro atoms. The number of allylic oxidation sites excluding steroid dienone is 2. The molecule has 1 heterocycles. The number of hydrogen-bond donors (Lipinski definition) is 0. The van der Waals surface area contributed by atoms with E-state index in [0.29, 0.717) is 18.5 Å². The van der Waals surface area contributed by atoms with E-state index in [2.05, 4.69) is 0 Å². The minimum absolute atomic E-state index is 0.00991. The maximum absolute atomic E-state index is 12.5. The number of hydrogen-bond acceptors (Lipinski definition) is 3. The van der Waals surface area contributed by atoms with Gasteiger partial charge in [-0.25, -0.2) is 0 Å². The highest BCUT2D eigenvalue weighted by Gasteiger charge is 2.47. The van der Waals surface area contributed by atoms with E-state index in [0.717, 1.165) is 0 Å². The molecule has 3 amide bonds. The molecule has 1 aliphatic carbocycles. The Kier molecular flexibility index (Phi) is 3.79. The molecule has 1 aliphatic heterocycles. The van der Waals surface area contributed by atoms with Gasteiger partial charge in [-0.2, -0.15) is 0 Å². The molecule has 0 bridgehead atoms. The molecule has 0 saturated carbocycles. The number of imide groups is 1. The second-order valence-corrected chi connectivity index (χ2v) is 5.68. The second-order valence-electron chi connectivity index (χ2n) is 5.68. The van der Waals surface area contributed by atoms with Crippen molar-refractivity contribution in [2.24, 2.45) is 11.8 Å². The Morgan fingerprint density at radius 3 is 2.14 bits per heavy atom. The van der Waals surface area contributed by atoms with Crippen molar-refractivity contribution in [3.63, 3.8) is 0 Å². The van der Waals surface area contributed by atoms with E-state index in [1.807, 2.05) is 30.4 Å². The van der Waals surface area contributed by atoms with Gasteiger partial charge >= 0.3 is 0 Å². The standard InChI is InChI=1S/C17H18N2O3/c1-12(20)18(13-7-3-2-4-8-13)11-19-16(21)14-9-5-6-10-15(14)17(19)22/h2-8,14-15H,9-11H2,1H3. The van der Waals surface area contributed by atoms with E-state index in [-0.39, 0.29) is 36.2 Å². The molecule has 0 aromatic heterocycles. The fourth-order valence-electron chi connectivity index (χ4n) is 3.12. The monoisotopic (exact) mass is 298 g/mol. The molecular weight excluding hydrogens is 280 g/mol. The van der Waals surface area contributed by atoms with Gasteiger partial charge in [-0.1, -0.05) is 30.4 Å². The molecule has 2 unspecified atom stereocenters. The second kappa shape index (κ2) is 5.75. The number of rotatable bonds is 3. The lowest BCUT2D eigenvalue weighted by atomic mass is 9.85. The molecule has 1 aromatic rings. The van der Waals surface area contributed by atoms with Gasteiger partial charge in [-0.3, -0.25) is 24.2 Å². The van der Waals surface area contributed by atoms with Crippen LogP contribution in [0.3, 0.4) is 0 Å². The molecule has 1 fully saturated rings. The van der Waals surface area contributed by atoms with Crippen LogP contribution in [0.1, 0.15) is 19.8 Å². The average molecular weight is 298 g/mol. The first-order chi connectivity index (χ1) is 10.6. The summed E-state index contributed by atoms with van der Waals surface area (Å²) in [6, 6.07) is 9.08. The molecule has 5 heteroatoms. The third-order valence-electron chi connectivity index (χ3n) is 4.33. The van der Waals surface area contributed by atoms with Gasteiger partial charge in [-0.05, 0) is 25.0 Å². The Morgan fingerprint density at radius 1 is 1.09 bits per heavy atom. The van der Waals surface area contributed by atoms with E-state index < -0.39 is 0 Å². The molecular formula is C17H18N2O3. The van der Waals surface area contributed by atoms with Crippen molar-refractivity contribution in [1.29, 1.82) is 0 Å². The van der Waals surface area contributed by atoms with Gasteiger partial charge in [0, 0.05) is 12.6 Å². The van der Waals surface area contributed by atoms with Crippen LogP contribution in [-0.4, -0.2) is 29.3 Å². The van der Waals surface area contributed by atoms with Gasteiger partial charge in [-0.15, -0.1) is 0 Å². The van der Waals surface area contributed by atoms with E-state index in [1.165, 1.54) is 16.7 Å². The van der Waals surface area contributed by atoms with Crippen LogP contribution in [0.25, 0.3) is 0 Å². The molecule has 2 atom stereocenters. The molecule has 1 aromatic carbocycles. The summed E-state index contributed by atoms with van der Waals surface area (Å²) in [5.41, 5.74) is 0.684.